The van der Waals surface area contributed by atoms with Gasteiger partial charge < -0.3 is 4.74 Å². The second-order valence-corrected chi connectivity index (χ2v) is 4.49. The van der Waals surface area contributed by atoms with Gasteiger partial charge in [-0.2, -0.15) is 5.10 Å². The van der Waals surface area contributed by atoms with E-state index in [2.05, 4.69) is 10.1 Å². The smallest absolute Gasteiger partial charge is 0.343 e. The van der Waals surface area contributed by atoms with Crippen LogP contribution in [0.5, 0.6) is 0 Å². The van der Waals surface area contributed by atoms with E-state index in [-0.39, 0.29) is 5.97 Å². The normalized spacial score (nSPS) is 13.9. The van der Waals surface area contributed by atoms with Crippen molar-refractivity contribution >= 4 is 11.6 Å². The minimum Gasteiger partial charge on any atom is -0.462 e. The lowest BCUT2D eigenvalue weighted by Crippen LogP contribution is -2.07. The molecule has 0 saturated heterocycles. The van der Waals surface area contributed by atoms with Gasteiger partial charge in [0.25, 0.3) is 0 Å². The third-order valence-electron chi connectivity index (χ3n) is 3.39. The van der Waals surface area contributed by atoms with E-state index in [1.807, 2.05) is 6.92 Å². The molecule has 94 valence electrons. The summed E-state index contributed by atoms with van der Waals surface area (Å²) < 4.78 is 6.81. The molecule has 2 aromatic heterocycles. The Labute approximate surface area is 105 Å². The molecule has 0 N–H and O–H groups in total. The molecule has 1 aliphatic carbocycles. The van der Waals surface area contributed by atoms with Crippen molar-refractivity contribution in [2.24, 2.45) is 0 Å². The minimum absolute atomic E-state index is 0.350. The number of fused-ring (bicyclic) bond motifs is 3. The number of carbonyl (C=O) groups is 1. The second-order valence-electron chi connectivity index (χ2n) is 4.49. The first-order valence-corrected chi connectivity index (χ1v) is 6.25. The first-order chi connectivity index (χ1) is 8.72. The maximum Gasteiger partial charge on any atom is 0.343 e. The highest BCUT2D eigenvalue weighted by Gasteiger charge is 2.22. The fourth-order valence-corrected chi connectivity index (χ4v) is 2.58. The Balaban J connectivity index is 2.20. The fourth-order valence-electron chi connectivity index (χ4n) is 2.58. The number of aromatic nitrogens is 3. The van der Waals surface area contributed by atoms with Crippen molar-refractivity contribution in [2.75, 3.05) is 6.61 Å². The van der Waals surface area contributed by atoms with Crippen LogP contribution in [-0.4, -0.2) is 27.2 Å². The summed E-state index contributed by atoms with van der Waals surface area (Å²) in [6, 6.07) is 0. The van der Waals surface area contributed by atoms with Crippen molar-refractivity contribution in [3.8, 4) is 0 Å². The van der Waals surface area contributed by atoms with Gasteiger partial charge in [0.15, 0.2) is 5.65 Å². The van der Waals surface area contributed by atoms with Crippen LogP contribution in [0.25, 0.3) is 5.65 Å². The van der Waals surface area contributed by atoms with Gasteiger partial charge in [-0.3, -0.25) is 0 Å². The van der Waals surface area contributed by atoms with Crippen LogP contribution in [0.15, 0.2) is 6.20 Å². The zero-order valence-corrected chi connectivity index (χ0v) is 10.6. The van der Waals surface area contributed by atoms with E-state index in [0.717, 1.165) is 25.0 Å². The highest BCUT2D eigenvalue weighted by molar-refractivity contribution is 5.95. The van der Waals surface area contributed by atoms with Crippen LogP contribution >= 0.6 is 0 Å². The topological polar surface area (TPSA) is 56.5 Å². The number of ether oxygens (including phenoxy) is 1. The molecule has 0 spiro atoms. The summed E-state index contributed by atoms with van der Waals surface area (Å²) in [6.07, 6.45) is 4.74. The molecule has 5 nitrogen and oxygen atoms in total. The Hall–Kier alpha value is -1.91. The van der Waals surface area contributed by atoms with Crippen molar-refractivity contribution in [3.63, 3.8) is 0 Å². The molecule has 2 heterocycles. The maximum atomic E-state index is 11.8. The third kappa shape index (κ3) is 1.50. The molecule has 0 bridgehead atoms. The average molecular weight is 245 g/mol. The van der Waals surface area contributed by atoms with Crippen LogP contribution in [0, 0.1) is 6.92 Å². The van der Waals surface area contributed by atoms with Gasteiger partial charge in [0, 0.05) is 11.4 Å². The molecule has 1 aliphatic rings. The molecular formula is C13H15N3O2. The predicted molar refractivity (Wildman–Crippen MR) is 65.7 cm³/mol. The average Bonchev–Trinajstić information content (AvgIpc) is 2.94. The van der Waals surface area contributed by atoms with Gasteiger partial charge in [-0.05, 0) is 38.7 Å². The lowest BCUT2D eigenvalue weighted by atomic mass is 10.2. The number of nitrogens with zero attached hydrogens (tertiary/aromatic N) is 3. The van der Waals surface area contributed by atoms with Crippen LogP contribution in [0.4, 0.5) is 0 Å². The summed E-state index contributed by atoms with van der Waals surface area (Å²) in [5, 5.41) is 4.29. The molecule has 3 rings (SSSR count). The van der Waals surface area contributed by atoms with Crippen molar-refractivity contribution < 1.29 is 9.53 Å². The lowest BCUT2D eigenvalue weighted by molar-refractivity contribution is 0.0528. The Kier molecular flexibility index (Phi) is 2.54. The Morgan fingerprint density at radius 3 is 3.11 bits per heavy atom. The molecule has 0 fully saturated rings. The van der Waals surface area contributed by atoms with E-state index < -0.39 is 0 Å². The third-order valence-corrected chi connectivity index (χ3v) is 3.39. The molecule has 0 aromatic carbocycles. The monoisotopic (exact) mass is 245 g/mol. The summed E-state index contributed by atoms with van der Waals surface area (Å²) in [5.41, 5.74) is 4.54. The fraction of sp³-hybridized carbons (Fsp3) is 0.462. The van der Waals surface area contributed by atoms with Crippen LogP contribution in [0.2, 0.25) is 0 Å². The van der Waals surface area contributed by atoms with Gasteiger partial charge in [0.1, 0.15) is 5.56 Å². The lowest BCUT2D eigenvalue weighted by Gasteiger charge is -2.06. The summed E-state index contributed by atoms with van der Waals surface area (Å²) in [4.78, 5) is 16.3. The van der Waals surface area contributed by atoms with Crippen molar-refractivity contribution in [1.29, 1.82) is 0 Å². The first kappa shape index (κ1) is 11.2. The second kappa shape index (κ2) is 4.08. The number of aryl methyl sites for hydroxylation is 2. The first-order valence-electron chi connectivity index (χ1n) is 6.25. The number of rotatable bonds is 2. The van der Waals surface area contributed by atoms with E-state index in [1.54, 1.807) is 17.6 Å². The highest BCUT2D eigenvalue weighted by Crippen LogP contribution is 2.25. The SMILES string of the molecule is CCOC(=O)c1cnn2c3c(c(C)nc12)CCC3. The molecule has 0 saturated carbocycles. The van der Waals surface area contributed by atoms with Crippen molar-refractivity contribution in [1.82, 2.24) is 14.6 Å². The van der Waals surface area contributed by atoms with Crippen LogP contribution in [-0.2, 0) is 17.6 Å². The highest BCUT2D eigenvalue weighted by atomic mass is 16.5. The van der Waals surface area contributed by atoms with E-state index in [9.17, 15) is 4.79 Å². The summed E-state index contributed by atoms with van der Waals surface area (Å²) in [6.45, 7) is 4.15. The summed E-state index contributed by atoms with van der Waals surface area (Å²) in [5.74, 6) is -0.350. The molecule has 0 radical (unpaired) electrons. The molecule has 5 heteroatoms. The number of carbonyl (C=O) groups excluding carboxylic acids is 1. The number of hydrogen-bond donors (Lipinski definition) is 0. The zero-order chi connectivity index (χ0) is 12.7. The predicted octanol–water partition coefficient (Wildman–Crippen LogP) is 1.70. The Morgan fingerprint density at radius 1 is 1.50 bits per heavy atom. The van der Waals surface area contributed by atoms with Gasteiger partial charge in [-0.15, -0.1) is 0 Å². The van der Waals surface area contributed by atoms with E-state index in [4.69, 9.17) is 4.74 Å². The largest absolute Gasteiger partial charge is 0.462 e. The van der Waals surface area contributed by atoms with Crippen molar-refractivity contribution in [2.45, 2.75) is 33.1 Å². The van der Waals surface area contributed by atoms with Gasteiger partial charge in [-0.1, -0.05) is 0 Å². The van der Waals surface area contributed by atoms with E-state index in [0.29, 0.717) is 17.8 Å². The minimum atomic E-state index is -0.350. The Morgan fingerprint density at radius 2 is 2.33 bits per heavy atom. The maximum absolute atomic E-state index is 11.8. The van der Waals surface area contributed by atoms with Gasteiger partial charge in [0.2, 0.25) is 0 Å². The summed E-state index contributed by atoms with van der Waals surface area (Å²) >= 11 is 0. The Bertz CT molecular complexity index is 631. The van der Waals surface area contributed by atoms with Crippen molar-refractivity contribution in [3.05, 3.63) is 28.7 Å². The standard InChI is InChI=1S/C13H15N3O2/c1-3-18-13(17)10-7-14-16-11-6-4-5-9(11)8(2)15-12(10)16/h7H,3-6H2,1-2H3. The number of esters is 1. The van der Waals surface area contributed by atoms with Crippen LogP contribution in [0.3, 0.4) is 0 Å². The molecular weight excluding hydrogens is 230 g/mol. The number of hydrogen-bond acceptors (Lipinski definition) is 4. The quantitative estimate of drug-likeness (QED) is 0.756. The molecule has 0 amide bonds. The van der Waals surface area contributed by atoms with Gasteiger partial charge in [0.05, 0.1) is 12.8 Å². The molecule has 0 aliphatic heterocycles. The molecule has 2 aromatic rings. The summed E-state index contributed by atoms with van der Waals surface area (Å²) in [7, 11) is 0. The zero-order valence-electron chi connectivity index (χ0n) is 10.6. The van der Waals surface area contributed by atoms with E-state index >= 15 is 0 Å². The van der Waals surface area contributed by atoms with Crippen LogP contribution in [0.1, 0.15) is 40.7 Å². The van der Waals surface area contributed by atoms with Crippen LogP contribution < -0.4 is 0 Å². The van der Waals surface area contributed by atoms with E-state index in [1.165, 1.54) is 11.3 Å². The molecule has 18 heavy (non-hydrogen) atoms. The van der Waals surface area contributed by atoms with Gasteiger partial charge >= 0.3 is 5.97 Å². The molecule has 0 unspecified atom stereocenters. The van der Waals surface area contributed by atoms with Gasteiger partial charge in [-0.25, -0.2) is 14.3 Å². The molecule has 0 atom stereocenters.